The molecule has 2 nitrogen and oxygen atoms in total. The van der Waals surface area contributed by atoms with E-state index in [9.17, 15) is 4.39 Å². The van der Waals surface area contributed by atoms with Crippen LogP contribution in [0, 0.1) is 5.82 Å². The van der Waals surface area contributed by atoms with Crippen LogP contribution in [-0.2, 0) is 0 Å². The molecule has 1 aliphatic rings. The number of benzene rings is 1. The molecular weight excluding hydrogens is 286 g/mol. The summed E-state index contributed by atoms with van der Waals surface area (Å²) in [7, 11) is 0. The van der Waals surface area contributed by atoms with Crippen molar-refractivity contribution in [3.63, 3.8) is 0 Å². The van der Waals surface area contributed by atoms with E-state index in [1.54, 1.807) is 0 Å². The number of rotatable bonds is 3. The second-order valence-electron chi connectivity index (χ2n) is 5.29. The Morgan fingerprint density at radius 2 is 1.74 bits per heavy atom. The predicted molar refractivity (Wildman–Crippen MR) is 79.8 cm³/mol. The first-order valence-corrected chi connectivity index (χ1v) is 7.38. The minimum atomic E-state index is -0.407. The molecule has 0 amide bonds. The molecule has 0 saturated carbocycles. The summed E-state index contributed by atoms with van der Waals surface area (Å²) in [6, 6.07) is 3.51. The van der Waals surface area contributed by atoms with Gasteiger partial charge in [0, 0.05) is 25.2 Å². The van der Waals surface area contributed by atoms with Gasteiger partial charge in [0.2, 0.25) is 0 Å². The average molecular weight is 305 g/mol. The maximum Gasteiger partial charge on any atom is 0.126 e. The van der Waals surface area contributed by atoms with Gasteiger partial charge in [-0.1, -0.05) is 23.2 Å². The van der Waals surface area contributed by atoms with Crippen LogP contribution >= 0.6 is 23.2 Å². The predicted octanol–water partition coefficient (Wildman–Crippen LogP) is 4.42. The van der Waals surface area contributed by atoms with Gasteiger partial charge in [-0.25, -0.2) is 4.39 Å². The SMILES string of the molecule is CC(C)N1CCC(Nc2c(Cl)cc(F)cc2Cl)CC1. The minimum Gasteiger partial charge on any atom is -0.380 e. The van der Waals surface area contributed by atoms with E-state index in [0.717, 1.165) is 25.9 Å². The van der Waals surface area contributed by atoms with Gasteiger partial charge in [0.15, 0.2) is 0 Å². The Labute approximate surface area is 123 Å². The summed E-state index contributed by atoms with van der Waals surface area (Å²) >= 11 is 12.1. The summed E-state index contributed by atoms with van der Waals surface area (Å²) in [5.41, 5.74) is 0.646. The molecule has 0 unspecified atom stereocenters. The fourth-order valence-corrected chi connectivity index (χ4v) is 3.01. The van der Waals surface area contributed by atoms with Crippen LogP contribution in [0.15, 0.2) is 12.1 Å². The lowest BCUT2D eigenvalue weighted by atomic mass is 10.0. The van der Waals surface area contributed by atoms with Crippen LogP contribution in [0.5, 0.6) is 0 Å². The van der Waals surface area contributed by atoms with Crippen LogP contribution in [0.4, 0.5) is 10.1 Å². The van der Waals surface area contributed by atoms with Gasteiger partial charge in [-0.2, -0.15) is 0 Å². The van der Waals surface area contributed by atoms with Crippen molar-refractivity contribution in [3.05, 3.63) is 28.0 Å². The number of nitrogens with one attached hydrogen (secondary N) is 1. The van der Waals surface area contributed by atoms with Crippen LogP contribution in [0.2, 0.25) is 10.0 Å². The molecule has 2 rings (SSSR count). The van der Waals surface area contributed by atoms with Crippen LogP contribution in [0.3, 0.4) is 0 Å². The first-order chi connectivity index (χ1) is 8.97. The minimum absolute atomic E-state index is 0.343. The van der Waals surface area contributed by atoms with Crippen molar-refractivity contribution in [1.29, 1.82) is 0 Å². The van der Waals surface area contributed by atoms with Gasteiger partial charge in [0.05, 0.1) is 15.7 Å². The monoisotopic (exact) mass is 304 g/mol. The van der Waals surface area contributed by atoms with Crippen molar-refractivity contribution in [2.45, 2.75) is 38.8 Å². The van der Waals surface area contributed by atoms with E-state index in [-0.39, 0.29) is 0 Å². The van der Waals surface area contributed by atoms with E-state index in [2.05, 4.69) is 24.1 Å². The highest BCUT2D eigenvalue weighted by atomic mass is 35.5. The van der Waals surface area contributed by atoms with Crippen LogP contribution < -0.4 is 5.32 Å². The molecule has 1 aromatic carbocycles. The molecule has 0 aliphatic carbocycles. The zero-order valence-corrected chi connectivity index (χ0v) is 12.7. The Balaban J connectivity index is 2.00. The quantitative estimate of drug-likeness (QED) is 0.889. The maximum atomic E-state index is 13.1. The summed E-state index contributed by atoms with van der Waals surface area (Å²) < 4.78 is 13.1. The van der Waals surface area contributed by atoms with Gasteiger partial charge in [0.25, 0.3) is 0 Å². The molecule has 1 fully saturated rings. The number of anilines is 1. The number of hydrogen-bond acceptors (Lipinski definition) is 2. The van der Waals surface area contributed by atoms with E-state index in [4.69, 9.17) is 23.2 Å². The van der Waals surface area contributed by atoms with Gasteiger partial charge in [-0.15, -0.1) is 0 Å². The van der Waals surface area contributed by atoms with E-state index >= 15 is 0 Å². The second-order valence-corrected chi connectivity index (χ2v) is 6.11. The molecule has 0 radical (unpaired) electrons. The lowest BCUT2D eigenvalue weighted by Gasteiger charge is -2.35. The summed E-state index contributed by atoms with van der Waals surface area (Å²) in [4.78, 5) is 2.45. The highest BCUT2D eigenvalue weighted by molar-refractivity contribution is 6.39. The summed E-state index contributed by atoms with van der Waals surface area (Å²) in [5, 5.41) is 4.03. The molecule has 1 aliphatic heterocycles. The molecule has 1 aromatic rings. The zero-order valence-electron chi connectivity index (χ0n) is 11.2. The van der Waals surface area contributed by atoms with Crippen molar-refractivity contribution >= 4 is 28.9 Å². The lowest BCUT2D eigenvalue weighted by Crippen LogP contribution is -2.42. The molecule has 0 atom stereocenters. The fraction of sp³-hybridized carbons (Fsp3) is 0.571. The van der Waals surface area contributed by atoms with Gasteiger partial charge in [-0.3, -0.25) is 0 Å². The Morgan fingerprint density at radius 1 is 1.21 bits per heavy atom. The van der Waals surface area contributed by atoms with Gasteiger partial charge in [0.1, 0.15) is 5.82 Å². The van der Waals surface area contributed by atoms with Crippen LogP contribution in [-0.4, -0.2) is 30.1 Å². The Kier molecular flexibility index (Phi) is 4.93. The lowest BCUT2D eigenvalue weighted by molar-refractivity contribution is 0.177. The average Bonchev–Trinajstić information content (AvgIpc) is 2.34. The van der Waals surface area contributed by atoms with E-state index in [1.165, 1.54) is 12.1 Å². The number of piperidine rings is 1. The molecule has 0 bridgehead atoms. The van der Waals surface area contributed by atoms with Crippen molar-refractivity contribution < 1.29 is 4.39 Å². The molecule has 5 heteroatoms. The molecule has 19 heavy (non-hydrogen) atoms. The maximum absolute atomic E-state index is 13.1. The van der Waals surface area contributed by atoms with Gasteiger partial charge in [-0.05, 0) is 38.8 Å². The Hall–Kier alpha value is -0.510. The first-order valence-electron chi connectivity index (χ1n) is 6.62. The van der Waals surface area contributed by atoms with Crippen LogP contribution in [0.1, 0.15) is 26.7 Å². The smallest absolute Gasteiger partial charge is 0.126 e. The van der Waals surface area contributed by atoms with Crippen molar-refractivity contribution in [2.24, 2.45) is 0 Å². The standard InChI is InChI=1S/C14H19Cl2FN2/c1-9(2)19-5-3-11(4-6-19)18-14-12(15)7-10(17)8-13(14)16/h7-9,11,18H,3-6H2,1-2H3. The van der Waals surface area contributed by atoms with E-state index in [0.29, 0.717) is 27.8 Å². The molecular formula is C14H19Cl2FN2. The highest BCUT2D eigenvalue weighted by Gasteiger charge is 2.22. The third-order valence-corrected chi connectivity index (χ3v) is 4.21. The first kappa shape index (κ1) is 14.9. The van der Waals surface area contributed by atoms with E-state index < -0.39 is 5.82 Å². The number of halogens is 3. The third-order valence-electron chi connectivity index (χ3n) is 3.62. The van der Waals surface area contributed by atoms with Crippen LogP contribution in [0.25, 0.3) is 0 Å². The summed E-state index contributed by atoms with van der Waals surface area (Å²) in [6.07, 6.45) is 2.09. The zero-order chi connectivity index (χ0) is 14.0. The topological polar surface area (TPSA) is 15.3 Å². The molecule has 0 aromatic heterocycles. The molecule has 106 valence electrons. The largest absolute Gasteiger partial charge is 0.380 e. The van der Waals surface area contributed by atoms with Gasteiger partial charge < -0.3 is 10.2 Å². The Morgan fingerprint density at radius 3 is 2.21 bits per heavy atom. The summed E-state index contributed by atoms with van der Waals surface area (Å²) in [6.45, 7) is 6.54. The summed E-state index contributed by atoms with van der Waals surface area (Å²) in [5.74, 6) is -0.407. The number of hydrogen-bond donors (Lipinski definition) is 1. The van der Waals surface area contributed by atoms with Crippen molar-refractivity contribution in [3.8, 4) is 0 Å². The Bertz CT molecular complexity index is 420. The molecule has 1 N–H and O–H groups in total. The fourth-order valence-electron chi connectivity index (χ4n) is 2.44. The second kappa shape index (κ2) is 6.29. The van der Waals surface area contributed by atoms with Crippen molar-refractivity contribution in [1.82, 2.24) is 4.90 Å². The molecule has 0 spiro atoms. The highest BCUT2D eigenvalue weighted by Crippen LogP contribution is 2.33. The molecule has 1 heterocycles. The normalized spacial score (nSPS) is 18.0. The number of nitrogens with zero attached hydrogens (tertiary/aromatic N) is 1. The van der Waals surface area contributed by atoms with Crippen molar-refractivity contribution in [2.75, 3.05) is 18.4 Å². The molecule has 1 saturated heterocycles. The van der Waals surface area contributed by atoms with Gasteiger partial charge >= 0.3 is 0 Å². The number of likely N-dealkylation sites (tertiary alicyclic amines) is 1. The third kappa shape index (κ3) is 3.74. The van der Waals surface area contributed by atoms with E-state index in [1.807, 2.05) is 0 Å².